The highest BCUT2D eigenvalue weighted by Gasteiger charge is 2.30. The summed E-state index contributed by atoms with van der Waals surface area (Å²) < 4.78 is 27.3. The first-order chi connectivity index (χ1) is 14.9. The van der Waals surface area contributed by atoms with Crippen molar-refractivity contribution in [1.29, 1.82) is 0 Å². The first kappa shape index (κ1) is 21.0. The molecule has 1 heterocycles. The average molecular weight is 473 g/mol. The van der Waals surface area contributed by atoms with Crippen molar-refractivity contribution < 1.29 is 13.5 Å². The van der Waals surface area contributed by atoms with Crippen LogP contribution in [0.1, 0.15) is 0 Å². The Labute approximate surface area is 188 Å². The molecule has 31 heavy (non-hydrogen) atoms. The van der Waals surface area contributed by atoms with Gasteiger partial charge in [-0.05, 0) is 60.7 Å². The van der Waals surface area contributed by atoms with Gasteiger partial charge in [0.25, 0.3) is 0 Å². The van der Waals surface area contributed by atoms with Crippen LogP contribution in [0.25, 0.3) is 5.69 Å². The summed E-state index contributed by atoms with van der Waals surface area (Å²) in [5.74, 6) is -0.761. The summed E-state index contributed by atoms with van der Waals surface area (Å²) in [5.41, 5.74) is 0.902. The van der Waals surface area contributed by atoms with Crippen LogP contribution in [-0.2, 0) is 9.84 Å². The summed E-state index contributed by atoms with van der Waals surface area (Å²) in [6.45, 7) is 0. The van der Waals surface area contributed by atoms with Gasteiger partial charge in [0, 0.05) is 10.0 Å². The van der Waals surface area contributed by atoms with Crippen LogP contribution in [0.4, 0.5) is 11.5 Å². The van der Waals surface area contributed by atoms with Gasteiger partial charge in [0.1, 0.15) is 0 Å². The predicted molar refractivity (Wildman–Crippen MR) is 118 cm³/mol. The second kappa shape index (κ2) is 8.50. The third kappa shape index (κ3) is 4.32. The van der Waals surface area contributed by atoms with Gasteiger partial charge in [-0.2, -0.15) is 0 Å². The zero-order valence-electron chi connectivity index (χ0n) is 15.7. The quantitative estimate of drug-likeness (QED) is 0.353. The smallest absolute Gasteiger partial charge is 0.229 e. The van der Waals surface area contributed by atoms with E-state index in [1.807, 2.05) is 0 Å². The Kier molecular flexibility index (Phi) is 5.77. The summed E-state index contributed by atoms with van der Waals surface area (Å²) in [4.78, 5) is -0.00718. The number of halogens is 2. The highest BCUT2D eigenvalue weighted by atomic mass is 35.5. The van der Waals surface area contributed by atoms with Crippen LogP contribution in [0.3, 0.4) is 0 Å². The highest BCUT2D eigenvalue weighted by Crippen LogP contribution is 2.38. The molecule has 10 heteroatoms. The second-order valence-corrected chi connectivity index (χ2v) is 9.10. The largest absolute Gasteiger partial charge is 0.502 e. The van der Waals surface area contributed by atoms with E-state index in [4.69, 9.17) is 23.2 Å². The monoisotopic (exact) mass is 472 g/mol. The van der Waals surface area contributed by atoms with E-state index in [1.54, 1.807) is 66.7 Å². The molecular weight excluding hydrogens is 459 g/mol. The Balaban J connectivity index is 1.88. The van der Waals surface area contributed by atoms with Gasteiger partial charge in [-0.3, -0.25) is 0 Å². The number of sulfone groups is 1. The van der Waals surface area contributed by atoms with Gasteiger partial charge in [-0.25, -0.2) is 13.1 Å². The van der Waals surface area contributed by atoms with E-state index in [2.05, 4.69) is 15.3 Å². The van der Waals surface area contributed by atoms with Crippen molar-refractivity contribution in [3.05, 3.63) is 88.9 Å². The number of hydrogen-bond donors (Lipinski definition) is 1. The van der Waals surface area contributed by atoms with Crippen molar-refractivity contribution in [1.82, 2.24) is 9.78 Å². The summed E-state index contributed by atoms with van der Waals surface area (Å²) in [6, 6.07) is 20.7. The molecular formula is C21H14Cl2N4O3S. The van der Waals surface area contributed by atoms with Gasteiger partial charge in [-0.1, -0.05) is 41.4 Å². The lowest BCUT2D eigenvalue weighted by Gasteiger charge is -2.03. The molecule has 0 aliphatic heterocycles. The molecule has 156 valence electrons. The van der Waals surface area contributed by atoms with Gasteiger partial charge < -0.3 is 5.11 Å². The number of nitrogens with zero attached hydrogens (tertiary/aromatic N) is 4. The van der Waals surface area contributed by atoms with Crippen molar-refractivity contribution in [3.63, 3.8) is 0 Å². The minimum atomic E-state index is -4.10. The summed E-state index contributed by atoms with van der Waals surface area (Å²) in [6.07, 6.45) is 0. The second-order valence-electron chi connectivity index (χ2n) is 6.36. The number of aromatic hydroxyl groups is 1. The maximum Gasteiger partial charge on any atom is 0.229 e. The van der Waals surface area contributed by atoms with Gasteiger partial charge in [0.2, 0.25) is 26.4 Å². The van der Waals surface area contributed by atoms with Crippen LogP contribution in [0.15, 0.2) is 99.0 Å². The van der Waals surface area contributed by atoms with E-state index in [1.165, 1.54) is 16.8 Å². The molecule has 1 N–H and O–H groups in total. The first-order valence-electron chi connectivity index (χ1n) is 8.91. The Morgan fingerprint density at radius 2 is 1.39 bits per heavy atom. The maximum absolute atomic E-state index is 13.1. The molecule has 4 aromatic rings. The van der Waals surface area contributed by atoms with Crippen molar-refractivity contribution >= 4 is 44.5 Å². The summed E-state index contributed by atoms with van der Waals surface area (Å²) in [7, 11) is -4.10. The third-order valence-corrected chi connectivity index (χ3v) is 6.45. The van der Waals surface area contributed by atoms with Crippen molar-refractivity contribution in [2.75, 3.05) is 0 Å². The molecule has 3 aromatic carbocycles. The van der Waals surface area contributed by atoms with Gasteiger partial charge in [0.05, 0.1) is 16.3 Å². The van der Waals surface area contributed by atoms with Crippen LogP contribution >= 0.6 is 23.2 Å². The summed E-state index contributed by atoms with van der Waals surface area (Å²) >= 11 is 11.8. The molecule has 0 fully saturated rings. The van der Waals surface area contributed by atoms with Crippen LogP contribution in [0.5, 0.6) is 5.75 Å². The molecule has 0 unspecified atom stereocenters. The fraction of sp³-hybridized carbons (Fsp3) is 0. The van der Waals surface area contributed by atoms with Crippen molar-refractivity contribution in [2.45, 2.75) is 9.92 Å². The van der Waals surface area contributed by atoms with Crippen LogP contribution in [-0.4, -0.2) is 23.3 Å². The lowest BCUT2D eigenvalue weighted by Crippen LogP contribution is -2.04. The van der Waals surface area contributed by atoms with Crippen molar-refractivity contribution in [2.24, 2.45) is 10.2 Å². The van der Waals surface area contributed by atoms with Crippen molar-refractivity contribution in [3.8, 4) is 11.4 Å². The molecule has 4 rings (SSSR count). The lowest BCUT2D eigenvalue weighted by atomic mass is 10.3. The third-order valence-electron chi connectivity index (χ3n) is 4.27. The zero-order chi connectivity index (χ0) is 22.0. The molecule has 0 bridgehead atoms. The van der Waals surface area contributed by atoms with E-state index in [0.717, 1.165) is 0 Å². The molecule has 0 aliphatic carbocycles. The SMILES string of the molecule is O=S(=O)(c1ccccc1)c1nn(-c2ccc(Cl)cc2)c(N=Nc2ccc(Cl)cc2)c1O. The Morgan fingerprint density at radius 1 is 0.806 bits per heavy atom. The van der Waals surface area contributed by atoms with E-state index in [0.29, 0.717) is 21.4 Å². The van der Waals surface area contributed by atoms with E-state index in [-0.39, 0.29) is 10.7 Å². The maximum atomic E-state index is 13.1. The lowest BCUT2D eigenvalue weighted by molar-refractivity contribution is 0.459. The molecule has 0 radical (unpaired) electrons. The molecule has 0 saturated carbocycles. The molecule has 0 atom stereocenters. The summed E-state index contributed by atoms with van der Waals surface area (Å²) in [5, 5.41) is 23.6. The van der Waals surface area contributed by atoms with E-state index < -0.39 is 20.6 Å². The highest BCUT2D eigenvalue weighted by molar-refractivity contribution is 7.91. The molecule has 0 amide bonds. The first-order valence-corrected chi connectivity index (χ1v) is 11.2. The molecule has 0 saturated heterocycles. The molecule has 1 aromatic heterocycles. The van der Waals surface area contributed by atoms with E-state index >= 15 is 0 Å². The fourth-order valence-electron chi connectivity index (χ4n) is 2.74. The Bertz CT molecular complexity index is 1350. The number of aromatic nitrogens is 2. The van der Waals surface area contributed by atoms with Gasteiger partial charge in [-0.15, -0.1) is 15.3 Å². The number of hydrogen-bond acceptors (Lipinski definition) is 6. The minimum absolute atomic E-state index is 0.00718. The standard InChI is InChI=1S/C21H14Cl2N4O3S/c22-14-6-10-16(11-7-14)24-25-20-19(28)21(31(29,30)18-4-2-1-3-5-18)26-27(20)17-12-8-15(23)9-13-17/h1-13,28H. The van der Waals surface area contributed by atoms with Crippen LogP contribution in [0, 0.1) is 0 Å². The average Bonchev–Trinajstić information content (AvgIpc) is 3.11. The Morgan fingerprint density at radius 3 is 2.00 bits per heavy atom. The number of rotatable bonds is 5. The minimum Gasteiger partial charge on any atom is -0.502 e. The molecule has 7 nitrogen and oxygen atoms in total. The topological polar surface area (TPSA) is 96.9 Å². The zero-order valence-corrected chi connectivity index (χ0v) is 18.1. The normalized spacial score (nSPS) is 11.8. The van der Waals surface area contributed by atoms with Crippen LogP contribution in [0.2, 0.25) is 10.0 Å². The Hall–Kier alpha value is -3.20. The fourth-order valence-corrected chi connectivity index (χ4v) is 4.26. The van der Waals surface area contributed by atoms with Crippen LogP contribution < -0.4 is 0 Å². The van der Waals surface area contributed by atoms with Gasteiger partial charge in [0.15, 0.2) is 0 Å². The molecule has 0 aliphatic rings. The number of benzene rings is 3. The molecule has 0 spiro atoms. The predicted octanol–water partition coefficient (Wildman–Crippen LogP) is 6.13. The van der Waals surface area contributed by atoms with Gasteiger partial charge >= 0.3 is 0 Å². The number of azo groups is 1. The van der Waals surface area contributed by atoms with E-state index in [9.17, 15) is 13.5 Å².